The summed E-state index contributed by atoms with van der Waals surface area (Å²) in [6, 6.07) is 5.07. The van der Waals surface area contributed by atoms with Gasteiger partial charge in [0.2, 0.25) is 0 Å². The smallest absolute Gasteiger partial charge is 0.159 e. The van der Waals surface area contributed by atoms with E-state index in [-0.39, 0.29) is 11.5 Å². The molecule has 0 aliphatic carbocycles. The second kappa shape index (κ2) is 6.55. The van der Waals surface area contributed by atoms with E-state index >= 15 is 0 Å². The van der Waals surface area contributed by atoms with Crippen LogP contribution < -0.4 is 0 Å². The van der Waals surface area contributed by atoms with Gasteiger partial charge in [-0.15, -0.1) is 0 Å². The van der Waals surface area contributed by atoms with Crippen molar-refractivity contribution in [3.8, 4) is 5.75 Å². The molecule has 0 radical (unpaired) electrons. The van der Waals surface area contributed by atoms with Crippen molar-refractivity contribution in [3.05, 3.63) is 29.3 Å². The van der Waals surface area contributed by atoms with Crippen molar-refractivity contribution in [2.24, 2.45) is 5.92 Å². The molecule has 0 fully saturated rings. The number of benzene rings is 1. The molecule has 0 spiro atoms. The van der Waals surface area contributed by atoms with Crippen LogP contribution in [0.2, 0.25) is 0 Å². The van der Waals surface area contributed by atoms with E-state index < -0.39 is 0 Å². The first-order chi connectivity index (χ1) is 8.43. The number of phenolic OH excluding ortho intramolecular Hbond substituents is 1. The van der Waals surface area contributed by atoms with Crippen molar-refractivity contribution in [2.45, 2.75) is 34.2 Å². The van der Waals surface area contributed by atoms with Crippen LogP contribution in [-0.2, 0) is 6.54 Å². The molecule has 1 N–H and O–H groups in total. The number of hydrogen-bond acceptors (Lipinski definition) is 3. The zero-order chi connectivity index (χ0) is 13.7. The molecule has 0 aromatic heterocycles. The van der Waals surface area contributed by atoms with Gasteiger partial charge in [0.25, 0.3) is 0 Å². The molecule has 18 heavy (non-hydrogen) atoms. The Hall–Kier alpha value is -1.35. The quantitative estimate of drug-likeness (QED) is 0.788. The maximum Gasteiger partial charge on any atom is 0.159 e. The van der Waals surface area contributed by atoms with Crippen LogP contribution in [0.5, 0.6) is 5.75 Å². The van der Waals surface area contributed by atoms with Crippen LogP contribution in [0.25, 0.3) is 0 Å². The number of nitrogens with zero attached hydrogens (tertiary/aromatic N) is 1. The third-order valence-electron chi connectivity index (χ3n) is 2.95. The molecule has 0 atom stereocenters. The van der Waals surface area contributed by atoms with Gasteiger partial charge in [-0.1, -0.05) is 20.8 Å². The van der Waals surface area contributed by atoms with E-state index in [2.05, 4.69) is 25.7 Å². The summed E-state index contributed by atoms with van der Waals surface area (Å²) in [7, 11) is 0. The lowest BCUT2D eigenvalue weighted by molar-refractivity contribution is 0.101. The summed E-state index contributed by atoms with van der Waals surface area (Å²) in [5.41, 5.74) is 1.48. The van der Waals surface area contributed by atoms with E-state index in [4.69, 9.17) is 0 Å². The molecule has 0 aliphatic heterocycles. The predicted molar refractivity (Wildman–Crippen MR) is 73.9 cm³/mol. The van der Waals surface area contributed by atoms with Crippen molar-refractivity contribution >= 4 is 5.78 Å². The summed E-state index contributed by atoms with van der Waals surface area (Å²) in [5, 5.41) is 9.86. The van der Waals surface area contributed by atoms with Gasteiger partial charge in [0.05, 0.1) is 0 Å². The summed E-state index contributed by atoms with van der Waals surface area (Å²) >= 11 is 0. The number of rotatable bonds is 6. The van der Waals surface area contributed by atoms with Gasteiger partial charge in [0, 0.05) is 24.2 Å². The topological polar surface area (TPSA) is 40.5 Å². The Balaban J connectivity index is 2.87. The molecular weight excluding hydrogens is 226 g/mol. The molecule has 1 rings (SSSR count). The Morgan fingerprint density at radius 1 is 1.39 bits per heavy atom. The maximum absolute atomic E-state index is 11.3. The van der Waals surface area contributed by atoms with Gasteiger partial charge < -0.3 is 5.11 Å². The molecule has 0 heterocycles. The fraction of sp³-hybridized carbons (Fsp3) is 0.533. The van der Waals surface area contributed by atoms with Crippen LogP contribution in [0.3, 0.4) is 0 Å². The van der Waals surface area contributed by atoms with Crippen LogP contribution in [0.15, 0.2) is 18.2 Å². The van der Waals surface area contributed by atoms with Gasteiger partial charge in [-0.25, -0.2) is 0 Å². The van der Waals surface area contributed by atoms with Crippen molar-refractivity contribution in [2.75, 3.05) is 13.1 Å². The second-order valence-corrected chi connectivity index (χ2v) is 5.12. The summed E-state index contributed by atoms with van der Waals surface area (Å²) in [4.78, 5) is 13.6. The highest BCUT2D eigenvalue weighted by Crippen LogP contribution is 2.21. The van der Waals surface area contributed by atoms with Gasteiger partial charge in [-0.3, -0.25) is 9.69 Å². The number of ketones is 1. The average molecular weight is 249 g/mol. The molecule has 100 valence electrons. The molecule has 0 amide bonds. The van der Waals surface area contributed by atoms with E-state index in [0.29, 0.717) is 18.0 Å². The fourth-order valence-corrected chi connectivity index (χ4v) is 1.99. The minimum absolute atomic E-state index is 0.0307. The molecule has 0 aliphatic rings. The standard InChI is InChI=1S/C15H23NO2/c1-5-16(9-11(2)3)10-14-8-13(12(4)17)6-7-15(14)18/h6-8,11,18H,5,9-10H2,1-4H3. The van der Waals surface area contributed by atoms with Gasteiger partial charge in [0.1, 0.15) is 5.75 Å². The van der Waals surface area contributed by atoms with Crippen LogP contribution >= 0.6 is 0 Å². The first-order valence-corrected chi connectivity index (χ1v) is 6.49. The molecule has 1 aromatic rings. The van der Waals surface area contributed by atoms with Crippen LogP contribution in [-0.4, -0.2) is 28.9 Å². The molecular formula is C15H23NO2. The Morgan fingerprint density at radius 2 is 2.06 bits per heavy atom. The molecule has 3 heteroatoms. The number of carbonyl (C=O) groups excluding carboxylic acids is 1. The fourth-order valence-electron chi connectivity index (χ4n) is 1.99. The lowest BCUT2D eigenvalue weighted by atomic mass is 10.1. The van der Waals surface area contributed by atoms with E-state index in [9.17, 15) is 9.90 Å². The van der Waals surface area contributed by atoms with E-state index in [0.717, 1.165) is 18.7 Å². The number of phenols is 1. The second-order valence-electron chi connectivity index (χ2n) is 5.12. The van der Waals surface area contributed by atoms with Crippen LogP contribution in [0, 0.1) is 5.92 Å². The average Bonchev–Trinajstić information content (AvgIpc) is 2.29. The maximum atomic E-state index is 11.3. The Morgan fingerprint density at radius 3 is 2.56 bits per heavy atom. The Labute approximate surface area is 109 Å². The van der Waals surface area contributed by atoms with Crippen LogP contribution in [0.4, 0.5) is 0 Å². The minimum Gasteiger partial charge on any atom is -0.508 e. The monoisotopic (exact) mass is 249 g/mol. The van der Waals surface area contributed by atoms with Crippen LogP contribution in [0.1, 0.15) is 43.6 Å². The molecule has 1 aromatic carbocycles. The number of hydrogen-bond donors (Lipinski definition) is 1. The summed E-state index contributed by atoms with van der Waals surface area (Å²) in [6.45, 7) is 10.6. The molecule has 0 bridgehead atoms. The highest BCUT2D eigenvalue weighted by atomic mass is 16.3. The lowest BCUT2D eigenvalue weighted by Crippen LogP contribution is -2.27. The Kier molecular flexibility index (Phi) is 5.35. The summed E-state index contributed by atoms with van der Waals surface area (Å²) < 4.78 is 0. The van der Waals surface area contributed by atoms with E-state index in [1.165, 1.54) is 0 Å². The molecule has 0 unspecified atom stereocenters. The van der Waals surface area contributed by atoms with Crippen molar-refractivity contribution in [1.29, 1.82) is 0 Å². The van der Waals surface area contributed by atoms with Crippen molar-refractivity contribution in [3.63, 3.8) is 0 Å². The number of aromatic hydroxyl groups is 1. The summed E-state index contributed by atoms with van der Waals surface area (Å²) in [5.74, 6) is 0.883. The first-order valence-electron chi connectivity index (χ1n) is 6.49. The first kappa shape index (κ1) is 14.7. The third-order valence-corrected chi connectivity index (χ3v) is 2.95. The molecule has 0 saturated carbocycles. The van der Waals surface area contributed by atoms with Gasteiger partial charge >= 0.3 is 0 Å². The minimum atomic E-state index is 0.0307. The van der Waals surface area contributed by atoms with Gasteiger partial charge in [-0.2, -0.15) is 0 Å². The largest absolute Gasteiger partial charge is 0.508 e. The SMILES string of the molecule is CCN(Cc1cc(C(C)=O)ccc1O)CC(C)C. The molecule has 0 saturated heterocycles. The zero-order valence-electron chi connectivity index (χ0n) is 11.7. The number of carbonyl (C=O) groups is 1. The highest BCUT2D eigenvalue weighted by molar-refractivity contribution is 5.94. The van der Waals surface area contributed by atoms with Crippen molar-refractivity contribution in [1.82, 2.24) is 4.90 Å². The van der Waals surface area contributed by atoms with Gasteiger partial charge in [0.15, 0.2) is 5.78 Å². The van der Waals surface area contributed by atoms with Gasteiger partial charge in [-0.05, 0) is 37.6 Å². The van der Waals surface area contributed by atoms with E-state index in [1.54, 1.807) is 25.1 Å². The molecule has 3 nitrogen and oxygen atoms in total. The normalized spacial score (nSPS) is 11.2. The number of Topliss-reactive ketones (excluding diaryl/α,β-unsaturated/α-hetero) is 1. The third kappa shape index (κ3) is 4.15. The Bertz CT molecular complexity index is 413. The van der Waals surface area contributed by atoms with Crippen molar-refractivity contribution < 1.29 is 9.90 Å². The summed E-state index contributed by atoms with van der Waals surface area (Å²) in [6.07, 6.45) is 0. The lowest BCUT2D eigenvalue weighted by Gasteiger charge is -2.23. The predicted octanol–water partition coefficient (Wildman–Crippen LogP) is 3.07. The highest BCUT2D eigenvalue weighted by Gasteiger charge is 2.11. The van der Waals surface area contributed by atoms with E-state index in [1.807, 2.05) is 0 Å². The zero-order valence-corrected chi connectivity index (χ0v) is 11.7.